The van der Waals surface area contributed by atoms with Gasteiger partial charge in [-0.15, -0.1) is 11.3 Å². The van der Waals surface area contributed by atoms with E-state index in [1.165, 1.54) is 29.5 Å². The Bertz CT molecular complexity index is 1340. The van der Waals surface area contributed by atoms with Gasteiger partial charge in [0, 0.05) is 46.9 Å². The molecular formula is C23H24ClFN4O4S2. The molecule has 0 bridgehead atoms. The lowest BCUT2D eigenvalue weighted by molar-refractivity contribution is -0.139. The first-order chi connectivity index (χ1) is 16.6. The van der Waals surface area contributed by atoms with Crippen LogP contribution in [0.15, 0.2) is 46.0 Å². The second kappa shape index (κ2) is 8.95. The number of thiazole rings is 1. The number of amidine groups is 1. The summed E-state index contributed by atoms with van der Waals surface area (Å²) >= 11 is 7.85. The Balaban J connectivity index is 1.68. The third kappa shape index (κ3) is 4.39. The smallest absolute Gasteiger partial charge is 0.338 e. The Labute approximate surface area is 211 Å². The van der Waals surface area contributed by atoms with Gasteiger partial charge in [-0.2, -0.15) is 0 Å². The molecule has 186 valence electrons. The molecule has 2 fully saturated rings. The van der Waals surface area contributed by atoms with Crippen LogP contribution in [0.1, 0.15) is 43.7 Å². The molecule has 3 aliphatic rings. The van der Waals surface area contributed by atoms with Crippen LogP contribution in [0.5, 0.6) is 0 Å². The van der Waals surface area contributed by atoms with Gasteiger partial charge < -0.3 is 9.64 Å². The Morgan fingerprint density at radius 1 is 1.40 bits per heavy atom. The van der Waals surface area contributed by atoms with Gasteiger partial charge in [-0.1, -0.05) is 17.7 Å². The SMILES string of the molecule is CCOC(=O)C1=C2C[C@H](NS(=O)(=O)C3CC3)CN2C(c2nccs2)=N[C@@]1(C)c1ccc(F)cc1Cl. The van der Waals surface area contributed by atoms with Crippen LogP contribution in [-0.4, -0.2) is 54.6 Å². The fourth-order valence-electron chi connectivity index (χ4n) is 4.68. The lowest BCUT2D eigenvalue weighted by Crippen LogP contribution is -2.43. The Hall–Kier alpha value is -2.34. The van der Waals surface area contributed by atoms with Crippen LogP contribution >= 0.6 is 22.9 Å². The molecule has 1 saturated carbocycles. The zero-order valence-electron chi connectivity index (χ0n) is 19.1. The second-order valence-corrected chi connectivity index (χ2v) is 12.2. The molecule has 3 heterocycles. The molecule has 2 aliphatic heterocycles. The summed E-state index contributed by atoms with van der Waals surface area (Å²) in [4.78, 5) is 24.6. The fourth-order valence-corrected chi connectivity index (χ4v) is 7.24. The fraction of sp³-hybridized carbons (Fsp3) is 0.435. The van der Waals surface area contributed by atoms with E-state index in [2.05, 4.69) is 9.71 Å². The molecule has 1 aliphatic carbocycles. The molecule has 2 atom stereocenters. The molecule has 1 N–H and O–H groups in total. The van der Waals surface area contributed by atoms with Gasteiger partial charge in [0.1, 0.15) is 11.4 Å². The maximum Gasteiger partial charge on any atom is 0.338 e. The molecule has 0 amide bonds. The van der Waals surface area contributed by atoms with Crippen molar-refractivity contribution in [2.75, 3.05) is 13.2 Å². The number of fused-ring (bicyclic) bond motifs is 1. The van der Waals surface area contributed by atoms with Crippen molar-refractivity contribution < 1.29 is 22.3 Å². The number of benzene rings is 1. The van der Waals surface area contributed by atoms with E-state index in [4.69, 9.17) is 21.3 Å². The number of aliphatic imine (C=N–C) groups is 1. The highest BCUT2D eigenvalue weighted by Crippen LogP contribution is 2.47. The first kappa shape index (κ1) is 24.4. The maximum atomic E-state index is 13.9. The molecule has 0 spiro atoms. The average Bonchev–Trinajstić information content (AvgIpc) is 3.37. The largest absolute Gasteiger partial charge is 0.463 e. The van der Waals surface area contributed by atoms with Crippen molar-refractivity contribution in [3.8, 4) is 0 Å². The van der Waals surface area contributed by atoms with E-state index < -0.39 is 33.4 Å². The molecule has 1 aromatic carbocycles. The molecule has 1 saturated heterocycles. The molecule has 0 unspecified atom stereocenters. The molecule has 12 heteroatoms. The minimum absolute atomic E-state index is 0.120. The van der Waals surface area contributed by atoms with Crippen molar-refractivity contribution >= 4 is 44.8 Å². The van der Waals surface area contributed by atoms with Crippen LogP contribution in [0.3, 0.4) is 0 Å². The predicted molar refractivity (Wildman–Crippen MR) is 131 cm³/mol. The minimum Gasteiger partial charge on any atom is -0.463 e. The summed E-state index contributed by atoms with van der Waals surface area (Å²) in [5, 5.41) is 2.18. The molecule has 0 radical (unpaired) electrons. The molecule has 5 rings (SSSR count). The number of nitrogens with one attached hydrogen (secondary N) is 1. The standard InChI is InChI=1S/C23H24ClFN4O4S2/c1-3-33-22(30)19-18-11-14(28-35(31,32)15-5-6-15)12-29(18)20(21-26-8-9-34-21)27-23(19,2)16-7-4-13(25)10-17(16)24/h4,7-10,14-15,28H,3,5-6,11-12H2,1-2H3/t14-,23-/m0/s1. The van der Waals surface area contributed by atoms with Crippen LogP contribution in [0.25, 0.3) is 0 Å². The maximum absolute atomic E-state index is 13.9. The molecule has 2 aromatic rings. The van der Waals surface area contributed by atoms with E-state index in [-0.39, 0.29) is 35.4 Å². The van der Waals surface area contributed by atoms with E-state index in [0.717, 1.165) is 0 Å². The van der Waals surface area contributed by atoms with E-state index in [1.807, 2.05) is 10.3 Å². The monoisotopic (exact) mass is 538 g/mol. The van der Waals surface area contributed by atoms with Crippen LogP contribution in [0, 0.1) is 5.82 Å². The molecule has 35 heavy (non-hydrogen) atoms. The van der Waals surface area contributed by atoms with Crippen LogP contribution in [-0.2, 0) is 25.1 Å². The van der Waals surface area contributed by atoms with E-state index >= 15 is 0 Å². The number of halogens is 2. The summed E-state index contributed by atoms with van der Waals surface area (Å²) in [6, 6.07) is 3.50. The highest BCUT2D eigenvalue weighted by Gasteiger charge is 2.49. The highest BCUT2D eigenvalue weighted by atomic mass is 35.5. The second-order valence-electron chi connectivity index (χ2n) is 8.89. The van der Waals surface area contributed by atoms with Crippen LogP contribution in [0.4, 0.5) is 4.39 Å². The average molecular weight is 539 g/mol. The topological polar surface area (TPSA) is 101 Å². The lowest BCUT2D eigenvalue weighted by atomic mass is 9.81. The number of nitrogens with zero attached hydrogens (tertiary/aromatic N) is 3. The van der Waals surface area contributed by atoms with E-state index in [0.29, 0.717) is 34.9 Å². The number of rotatable bonds is 7. The summed E-state index contributed by atoms with van der Waals surface area (Å²) < 4.78 is 47.5. The van der Waals surface area contributed by atoms with Crippen molar-refractivity contribution in [1.82, 2.24) is 14.6 Å². The molecule has 1 aromatic heterocycles. The minimum atomic E-state index is -3.46. The van der Waals surface area contributed by atoms with Crippen LogP contribution in [0.2, 0.25) is 5.02 Å². The normalized spacial score (nSPS) is 24.4. The van der Waals surface area contributed by atoms with Gasteiger partial charge in [-0.25, -0.2) is 32.3 Å². The van der Waals surface area contributed by atoms with Gasteiger partial charge in [0.05, 0.1) is 17.4 Å². The number of sulfonamides is 1. The third-order valence-electron chi connectivity index (χ3n) is 6.38. The summed E-state index contributed by atoms with van der Waals surface area (Å²) in [6.45, 7) is 3.87. The van der Waals surface area contributed by atoms with Crippen LogP contribution < -0.4 is 4.72 Å². The van der Waals surface area contributed by atoms with Crippen molar-refractivity contribution in [3.05, 3.63) is 62.5 Å². The van der Waals surface area contributed by atoms with E-state index in [9.17, 15) is 17.6 Å². The van der Waals surface area contributed by atoms with Gasteiger partial charge in [0.2, 0.25) is 10.0 Å². The molecular weight excluding hydrogens is 515 g/mol. The Morgan fingerprint density at radius 3 is 2.80 bits per heavy atom. The number of ether oxygens (including phenoxy) is 1. The molecule has 8 nitrogen and oxygen atoms in total. The number of carbonyl (C=O) groups excluding carboxylic acids is 1. The first-order valence-electron chi connectivity index (χ1n) is 11.3. The van der Waals surface area contributed by atoms with Gasteiger partial charge in [-0.05, 0) is 38.8 Å². The Morgan fingerprint density at radius 2 is 2.17 bits per heavy atom. The predicted octanol–water partition coefficient (Wildman–Crippen LogP) is 3.58. The first-order valence-corrected chi connectivity index (χ1v) is 14.1. The van der Waals surface area contributed by atoms with Gasteiger partial charge in [0.15, 0.2) is 10.8 Å². The quantitative estimate of drug-likeness (QED) is 0.541. The summed E-state index contributed by atoms with van der Waals surface area (Å²) in [7, 11) is -3.46. The van der Waals surface area contributed by atoms with Crippen molar-refractivity contribution in [3.63, 3.8) is 0 Å². The zero-order chi connectivity index (χ0) is 25.0. The van der Waals surface area contributed by atoms with Gasteiger partial charge in [0.25, 0.3) is 0 Å². The highest BCUT2D eigenvalue weighted by molar-refractivity contribution is 7.90. The summed E-state index contributed by atoms with van der Waals surface area (Å²) in [5.74, 6) is -0.591. The van der Waals surface area contributed by atoms with Gasteiger partial charge in [-0.3, -0.25) is 0 Å². The third-order valence-corrected chi connectivity index (χ3v) is 9.47. The number of carbonyl (C=O) groups is 1. The summed E-state index contributed by atoms with van der Waals surface area (Å²) in [6.07, 6.45) is 3.21. The van der Waals surface area contributed by atoms with Crippen molar-refractivity contribution in [1.29, 1.82) is 0 Å². The van der Waals surface area contributed by atoms with E-state index in [1.54, 1.807) is 20.0 Å². The lowest BCUT2D eigenvalue weighted by Gasteiger charge is -2.38. The number of hydrogen-bond acceptors (Lipinski definition) is 8. The Kier molecular flexibility index (Phi) is 6.23. The number of esters is 1. The van der Waals surface area contributed by atoms with Gasteiger partial charge >= 0.3 is 5.97 Å². The van der Waals surface area contributed by atoms with Crippen molar-refractivity contribution in [2.24, 2.45) is 4.99 Å². The zero-order valence-corrected chi connectivity index (χ0v) is 21.5. The number of aromatic nitrogens is 1. The van der Waals surface area contributed by atoms with Crippen molar-refractivity contribution in [2.45, 2.75) is 49.9 Å². The summed E-state index contributed by atoms with van der Waals surface area (Å²) in [5.41, 5.74) is -0.0307. The number of hydrogen-bond donors (Lipinski definition) is 1.